The Labute approximate surface area is 299 Å². The van der Waals surface area contributed by atoms with Crippen molar-refractivity contribution in [2.24, 2.45) is 0 Å². The highest BCUT2D eigenvalue weighted by atomic mass is 32.2. The molecule has 0 radical (unpaired) electrons. The molecule has 1 saturated carbocycles. The molecule has 1 N–H and O–H groups in total. The van der Waals surface area contributed by atoms with E-state index in [0.29, 0.717) is 44.1 Å². The molecule has 3 saturated heterocycles. The van der Waals surface area contributed by atoms with E-state index in [1.807, 2.05) is 12.1 Å². The van der Waals surface area contributed by atoms with Gasteiger partial charge in [0.2, 0.25) is 10.0 Å². The highest BCUT2D eigenvalue weighted by Crippen LogP contribution is 2.45. The number of hydrogen-bond donors (Lipinski definition) is 1. The number of hydrogen-bond acceptors (Lipinski definition) is 5. The number of rotatable bonds is 9. The number of aryl methyl sites for hydroxylation is 1. The van der Waals surface area contributed by atoms with Crippen molar-refractivity contribution in [2.75, 3.05) is 19.6 Å². The highest BCUT2D eigenvalue weighted by molar-refractivity contribution is 7.89. The predicted octanol–water partition coefficient (Wildman–Crippen LogP) is 7.28. The number of carbonyl (C=O) groups is 1. The largest absolute Gasteiger partial charge is 0.338 e. The van der Waals surface area contributed by atoms with Gasteiger partial charge in [0, 0.05) is 37.3 Å². The normalized spacial score (nSPS) is 24.1. The molecule has 3 aromatic carbocycles. The molecule has 2 unspecified atom stereocenters. The lowest BCUT2D eigenvalue weighted by Crippen LogP contribution is -2.49. The number of benzene rings is 3. The van der Waals surface area contributed by atoms with Crippen LogP contribution in [0.4, 0.5) is 8.78 Å². The van der Waals surface area contributed by atoms with Crippen LogP contribution in [0.15, 0.2) is 71.6 Å². The van der Waals surface area contributed by atoms with E-state index in [4.69, 9.17) is 4.98 Å². The lowest BCUT2D eigenvalue weighted by Gasteiger charge is -2.45. The van der Waals surface area contributed by atoms with Gasteiger partial charge in [-0.15, -0.1) is 0 Å². The Hall–Kier alpha value is -3.67. The number of para-hydroxylation sites is 2. The summed E-state index contributed by atoms with van der Waals surface area (Å²) in [5.74, 6) is -0.463. The zero-order valence-corrected chi connectivity index (χ0v) is 30.1. The van der Waals surface area contributed by atoms with E-state index < -0.39 is 21.7 Å². The molecule has 2 bridgehead atoms. The molecular formula is C40H47F2N5O3S. The Morgan fingerprint density at radius 2 is 1.63 bits per heavy atom. The third kappa shape index (κ3) is 6.61. The third-order valence-electron chi connectivity index (χ3n) is 12.4. The van der Waals surface area contributed by atoms with E-state index in [-0.39, 0.29) is 27.7 Å². The van der Waals surface area contributed by atoms with Gasteiger partial charge in [0.1, 0.15) is 17.5 Å². The zero-order valence-electron chi connectivity index (χ0n) is 29.2. The SMILES string of the molecule is Cc1nc2ccccc2n1C1CC2CCC(C1)N2CCC1(c2cccc(F)c2)CCN(C(=O)c2cc(S(=O)(=O)NC3CCCC3)ccc2F)CC1. The zero-order chi connectivity index (χ0) is 35.3. The third-order valence-corrected chi connectivity index (χ3v) is 14.0. The van der Waals surface area contributed by atoms with Gasteiger partial charge in [0.15, 0.2) is 0 Å². The maximum absolute atomic E-state index is 15.1. The minimum atomic E-state index is -3.89. The second-order valence-corrected chi connectivity index (χ2v) is 17.1. The Balaban J connectivity index is 0.976. The number of imidazole rings is 1. The second kappa shape index (κ2) is 13.7. The summed E-state index contributed by atoms with van der Waals surface area (Å²) in [6.07, 6.45) is 10.0. The second-order valence-electron chi connectivity index (χ2n) is 15.3. The van der Waals surface area contributed by atoms with Crippen molar-refractivity contribution in [1.82, 2.24) is 24.1 Å². The van der Waals surface area contributed by atoms with Crippen LogP contribution in [0.2, 0.25) is 0 Å². The Morgan fingerprint density at radius 3 is 2.35 bits per heavy atom. The first-order chi connectivity index (χ1) is 24.6. The smallest absolute Gasteiger partial charge is 0.256 e. The Kier molecular flexibility index (Phi) is 9.25. The fourth-order valence-corrected chi connectivity index (χ4v) is 11.1. The first-order valence-corrected chi connectivity index (χ1v) is 20.2. The molecule has 4 aromatic rings. The number of fused-ring (bicyclic) bond motifs is 3. The van der Waals surface area contributed by atoms with Gasteiger partial charge in [0.25, 0.3) is 5.91 Å². The maximum Gasteiger partial charge on any atom is 0.256 e. The summed E-state index contributed by atoms with van der Waals surface area (Å²) in [6, 6.07) is 19.9. The van der Waals surface area contributed by atoms with Crippen molar-refractivity contribution in [1.29, 1.82) is 0 Å². The number of amides is 1. The molecule has 8 rings (SSSR count). The van der Waals surface area contributed by atoms with Crippen molar-refractivity contribution in [2.45, 2.75) is 112 Å². The number of nitrogens with zero attached hydrogens (tertiary/aromatic N) is 4. The van der Waals surface area contributed by atoms with Crippen LogP contribution in [0.5, 0.6) is 0 Å². The van der Waals surface area contributed by atoms with Crippen LogP contribution in [-0.4, -0.2) is 71.4 Å². The van der Waals surface area contributed by atoms with E-state index in [2.05, 4.69) is 39.3 Å². The van der Waals surface area contributed by atoms with Gasteiger partial charge in [-0.25, -0.2) is 26.9 Å². The van der Waals surface area contributed by atoms with Gasteiger partial charge in [-0.3, -0.25) is 9.69 Å². The molecule has 1 aliphatic carbocycles. The highest BCUT2D eigenvalue weighted by Gasteiger charge is 2.44. The molecule has 1 amide bonds. The summed E-state index contributed by atoms with van der Waals surface area (Å²) >= 11 is 0. The van der Waals surface area contributed by atoms with E-state index in [0.717, 1.165) is 74.5 Å². The number of nitrogens with one attached hydrogen (secondary N) is 1. The van der Waals surface area contributed by atoms with Crippen LogP contribution < -0.4 is 4.72 Å². The van der Waals surface area contributed by atoms with Crippen LogP contribution in [0.25, 0.3) is 11.0 Å². The first-order valence-electron chi connectivity index (χ1n) is 18.7. The number of sulfonamides is 1. The van der Waals surface area contributed by atoms with Crippen molar-refractivity contribution in [3.63, 3.8) is 0 Å². The van der Waals surface area contributed by atoms with E-state index >= 15 is 4.39 Å². The predicted molar refractivity (Wildman–Crippen MR) is 193 cm³/mol. The van der Waals surface area contributed by atoms with Crippen LogP contribution in [-0.2, 0) is 15.4 Å². The Bertz CT molecular complexity index is 2020. The number of aromatic nitrogens is 2. The monoisotopic (exact) mass is 715 g/mol. The number of halogens is 2. The number of carbonyl (C=O) groups excluding carboxylic acids is 1. The quantitative estimate of drug-likeness (QED) is 0.197. The van der Waals surface area contributed by atoms with Crippen molar-refractivity contribution in [3.05, 3.63) is 95.3 Å². The average Bonchev–Trinajstić information content (AvgIpc) is 3.82. The maximum atomic E-state index is 15.1. The molecule has 3 aliphatic heterocycles. The van der Waals surface area contributed by atoms with Gasteiger partial charge >= 0.3 is 0 Å². The molecule has 0 spiro atoms. The Morgan fingerprint density at radius 1 is 0.902 bits per heavy atom. The van der Waals surface area contributed by atoms with E-state index in [1.165, 1.54) is 36.6 Å². The average molecular weight is 716 g/mol. The lowest BCUT2D eigenvalue weighted by molar-refractivity contribution is 0.0602. The first kappa shape index (κ1) is 34.4. The van der Waals surface area contributed by atoms with E-state index in [9.17, 15) is 17.6 Å². The number of likely N-dealkylation sites (tertiary alicyclic amines) is 1. The van der Waals surface area contributed by atoms with Crippen molar-refractivity contribution >= 4 is 27.0 Å². The fourth-order valence-electron chi connectivity index (χ4n) is 9.77. The van der Waals surface area contributed by atoms with Gasteiger partial charge < -0.3 is 9.47 Å². The van der Waals surface area contributed by atoms with Crippen molar-refractivity contribution < 1.29 is 22.0 Å². The molecule has 8 nitrogen and oxygen atoms in total. The molecule has 1 aromatic heterocycles. The molecule has 11 heteroatoms. The van der Waals surface area contributed by atoms with Crippen LogP contribution in [0.1, 0.15) is 98.4 Å². The molecule has 270 valence electrons. The standard InChI is InChI=1S/C40H47F2N5O3S/c1-27-43-37-11-4-5-12-38(37)47(27)33-24-31-13-14-32(25-33)46(31)22-19-40(28-7-6-8-29(41)23-28)17-20-45(21-18-40)39(48)35-26-34(15-16-36(35)42)51(49,50)44-30-9-2-3-10-30/h4-8,11-12,15-16,23,26,30-33,44H,2-3,9-10,13-14,17-22,24-25H2,1H3. The summed E-state index contributed by atoms with van der Waals surface area (Å²) in [7, 11) is -3.89. The van der Waals surface area contributed by atoms with Gasteiger partial charge in [-0.2, -0.15) is 0 Å². The molecule has 4 fully saturated rings. The fraction of sp³-hybridized carbons (Fsp3) is 0.500. The lowest BCUT2D eigenvalue weighted by atomic mass is 9.70. The molecule has 2 atom stereocenters. The van der Waals surface area contributed by atoms with Crippen LogP contribution in [0, 0.1) is 18.6 Å². The molecule has 4 aliphatic rings. The molecule has 4 heterocycles. The van der Waals surface area contributed by atoms with E-state index in [1.54, 1.807) is 17.0 Å². The van der Waals surface area contributed by atoms with Crippen LogP contribution in [0.3, 0.4) is 0 Å². The van der Waals surface area contributed by atoms with Gasteiger partial charge in [-0.1, -0.05) is 37.1 Å². The topological polar surface area (TPSA) is 87.5 Å². The minimum absolute atomic E-state index is 0.0972. The number of piperidine rings is 2. The molecular weight excluding hydrogens is 669 g/mol. The van der Waals surface area contributed by atoms with Gasteiger partial charge in [-0.05, 0) is 125 Å². The summed E-state index contributed by atoms with van der Waals surface area (Å²) in [5.41, 5.74) is 2.61. The van der Waals surface area contributed by atoms with Gasteiger partial charge in [0.05, 0.1) is 21.5 Å². The summed E-state index contributed by atoms with van der Waals surface area (Å²) < 4.78 is 61.2. The van der Waals surface area contributed by atoms with Crippen LogP contribution >= 0.6 is 0 Å². The van der Waals surface area contributed by atoms with Crippen molar-refractivity contribution in [3.8, 4) is 0 Å². The summed E-state index contributed by atoms with van der Waals surface area (Å²) in [6.45, 7) is 3.73. The summed E-state index contributed by atoms with van der Waals surface area (Å²) in [4.78, 5) is 22.8. The summed E-state index contributed by atoms with van der Waals surface area (Å²) in [5, 5.41) is 0. The molecule has 51 heavy (non-hydrogen) atoms. The minimum Gasteiger partial charge on any atom is -0.338 e.